The molecule has 0 spiro atoms. The van der Waals surface area contributed by atoms with Gasteiger partial charge in [0, 0.05) is 17.7 Å². The molecule has 2 rings (SSSR count). The molecule has 0 saturated heterocycles. The van der Waals surface area contributed by atoms with Crippen molar-refractivity contribution in [2.75, 3.05) is 19.7 Å². The van der Waals surface area contributed by atoms with Gasteiger partial charge in [0.15, 0.2) is 0 Å². The van der Waals surface area contributed by atoms with E-state index in [9.17, 15) is 10.1 Å². The van der Waals surface area contributed by atoms with E-state index in [-0.39, 0.29) is 11.7 Å². The summed E-state index contributed by atoms with van der Waals surface area (Å²) < 4.78 is 11.2. The molecule has 1 heterocycles. The van der Waals surface area contributed by atoms with Crippen molar-refractivity contribution in [3.63, 3.8) is 0 Å². The van der Waals surface area contributed by atoms with Crippen LogP contribution >= 0.6 is 0 Å². The normalized spacial score (nSPS) is 16.3. The molecule has 1 aliphatic rings. The zero-order valence-corrected chi connectivity index (χ0v) is 16.0. The van der Waals surface area contributed by atoms with Gasteiger partial charge in [-0.3, -0.25) is 15.0 Å². The van der Waals surface area contributed by atoms with E-state index in [0.29, 0.717) is 12.4 Å². The summed E-state index contributed by atoms with van der Waals surface area (Å²) in [5.41, 5.74) is 1.06. The lowest BCUT2D eigenvalue weighted by atomic mass is 10.1. The lowest BCUT2D eigenvalue weighted by molar-refractivity contribution is -0.384. The molecule has 1 atom stereocenters. The highest BCUT2D eigenvalue weighted by molar-refractivity contribution is 5.38. The van der Waals surface area contributed by atoms with Crippen molar-refractivity contribution in [1.29, 1.82) is 0 Å². The Balaban J connectivity index is 0.00000163. The van der Waals surface area contributed by atoms with Crippen LogP contribution in [0, 0.1) is 10.1 Å². The van der Waals surface area contributed by atoms with Crippen LogP contribution in [-0.2, 0) is 4.74 Å². The van der Waals surface area contributed by atoms with Gasteiger partial charge in [0.2, 0.25) is 0 Å². The van der Waals surface area contributed by atoms with Gasteiger partial charge >= 0.3 is 0 Å². The van der Waals surface area contributed by atoms with Crippen molar-refractivity contribution < 1.29 is 14.4 Å². The Hall–Kier alpha value is -2.60. The minimum atomic E-state index is -0.439. The molecule has 0 aromatic heterocycles. The molecule has 1 aliphatic heterocycles. The highest BCUT2D eigenvalue weighted by Gasteiger charge is 2.28. The quantitative estimate of drug-likeness (QED) is 0.382. The number of non-ortho nitro benzene ring substituents is 1. The molecule has 142 valence electrons. The Morgan fingerprint density at radius 3 is 2.42 bits per heavy atom. The molecular formula is C20H28N2O4. The minimum absolute atomic E-state index is 0.0359. The maximum absolute atomic E-state index is 10.6. The summed E-state index contributed by atoms with van der Waals surface area (Å²) in [5.74, 6) is 1.30. The Morgan fingerprint density at radius 1 is 1.31 bits per heavy atom. The second kappa shape index (κ2) is 11.1. The number of ether oxygens (including phenoxy) is 2. The Labute approximate surface area is 155 Å². The Kier molecular flexibility index (Phi) is 9.15. The number of allylic oxidation sites excluding steroid dienone is 1. The summed E-state index contributed by atoms with van der Waals surface area (Å²) in [6.45, 7) is 14.5. The number of hydrogen-bond acceptors (Lipinski definition) is 5. The van der Waals surface area contributed by atoms with Crippen LogP contribution in [0.4, 0.5) is 5.69 Å². The summed E-state index contributed by atoms with van der Waals surface area (Å²) in [5, 5.41) is 10.6. The minimum Gasteiger partial charge on any atom is -0.491 e. The second-order valence-corrected chi connectivity index (χ2v) is 5.24. The van der Waals surface area contributed by atoms with Gasteiger partial charge < -0.3 is 9.47 Å². The van der Waals surface area contributed by atoms with E-state index >= 15 is 0 Å². The van der Waals surface area contributed by atoms with Gasteiger partial charge in [0.1, 0.15) is 18.1 Å². The molecule has 1 aromatic rings. The van der Waals surface area contributed by atoms with Crippen LogP contribution < -0.4 is 4.74 Å². The van der Waals surface area contributed by atoms with Crippen LogP contribution in [0.25, 0.3) is 0 Å². The maximum Gasteiger partial charge on any atom is 0.269 e. The van der Waals surface area contributed by atoms with Crippen LogP contribution in [-0.4, -0.2) is 35.6 Å². The van der Waals surface area contributed by atoms with Crippen LogP contribution in [0.1, 0.15) is 27.7 Å². The predicted octanol–water partition coefficient (Wildman–Crippen LogP) is 4.69. The average Bonchev–Trinajstić information content (AvgIpc) is 3.08. The number of nitro benzene ring substituents is 1. The maximum atomic E-state index is 10.6. The van der Waals surface area contributed by atoms with Gasteiger partial charge in [-0.2, -0.15) is 0 Å². The summed E-state index contributed by atoms with van der Waals surface area (Å²) in [7, 11) is 0. The third-order valence-electron chi connectivity index (χ3n) is 3.98. The predicted molar refractivity (Wildman–Crippen MR) is 104 cm³/mol. The van der Waals surface area contributed by atoms with Crippen molar-refractivity contribution in [3.8, 4) is 5.75 Å². The standard InChI is InChI=1S/C18H22N2O4.C2H6/c1-4-18-16(17(13-24-18)19(5-2)6-3)11-12-23-15-9-7-14(8-10-15)20(21)22;1-2/h4,7-12,17H,1,5-6,13H2,2-3H3;1-2H3/b12-11-;. The molecular weight excluding hydrogens is 332 g/mol. The van der Waals surface area contributed by atoms with E-state index in [0.717, 1.165) is 24.4 Å². The molecule has 0 aliphatic carbocycles. The number of rotatable bonds is 8. The SMILES string of the molecule is C=CC1=C(/C=C\Oc2ccc([N+](=O)[O-])cc2)C(N(CC)CC)CO1.CC. The van der Waals surface area contributed by atoms with Crippen LogP contribution in [0.3, 0.4) is 0 Å². The van der Waals surface area contributed by atoms with Gasteiger partial charge in [0.25, 0.3) is 5.69 Å². The molecule has 0 bridgehead atoms. The first-order valence-corrected chi connectivity index (χ1v) is 8.91. The summed E-state index contributed by atoms with van der Waals surface area (Å²) in [6.07, 6.45) is 5.15. The van der Waals surface area contributed by atoms with Crippen LogP contribution in [0.15, 0.2) is 60.6 Å². The molecule has 0 radical (unpaired) electrons. The van der Waals surface area contributed by atoms with Crippen molar-refractivity contribution in [1.82, 2.24) is 4.90 Å². The molecule has 26 heavy (non-hydrogen) atoms. The van der Waals surface area contributed by atoms with Crippen molar-refractivity contribution in [3.05, 3.63) is 70.7 Å². The Bertz CT molecular complexity index is 646. The molecule has 0 saturated carbocycles. The average molecular weight is 360 g/mol. The van der Waals surface area contributed by atoms with Crippen molar-refractivity contribution >= 4 is 5.69 Å². The van der Waals surface area contributed by atoms with E-state index in [2.05, 4.69) is 25.3 Å². The zero-order valence-electron chi connectivity index (χ0n) is 16.0. The second-order valence-electron chi connectivity index (χ2n) is 5.24. The molecule has 6 nitrogen and oxygen atoms in total. The smallest absolute Gasteiger partial charge is 0.269 e. The van der Waals surface area contributed by atoms with Gasteiger partial charge in [-0.15, -0.1) is 0 Å². The van der Waals surface area contributed by atoms with Gasteiger partial charge in [-0.1, -0.05) is 34.3 Å². The summed E-state index contributed by atoms with van der Waals surface area (Å²) >= 11 is 0. The number of nitro groups is 1. The fourth-order valence-electron chi connectivity index (χ4n) is 2.67. The number of benzene rings is 1. The van der Waals surface area contributed by atoms with Crippen molar-refractivity contribution in [2.45, 2.75) is 33.7 Å². The molecule has 0 amide bonds. The first-order valence-electron chi connectivity index (χ1n) is 8.91. The fraction of sp³-hybridized carbons (Fsp3) is 0.400. The molecule has 6 heteroatoms. The van der Waals surface area contributed by atoms with Gasteiger partial charge in [-0.25, -0.2) is 0 Å². The largest absolute Gasteiger partial charge is 0.491 e. The number of nitrogens with zero attached hydrogens (tertiary/aromatic N) is 2. The van der Waals surface area contributed by atoms with E-state index in [1.54, 1.807) is 24.5 Å². The molecule has 1 aromatic carbocycles. The first-order chi connectivity index (χ1) is 12.6. The highest BCUT2D eigenvalue weighted by Crippen LogP contribution is 2.26. The van der Waals surface area contributed by atoms with Crippen LogP contribution in [0.2, 0.25) is 0 Å². The number of likely N-dealkylation sites (N-methyl/N-ethyl adjacent to an activating group) is 1. The third-order valence-corrected chi connectivity index (χ3v) is 3.98. The highest BCUT2D eigenvalue weighted by atomic mass is 16.6. The van der Waals surface area contributed by atoms with E-state index in [1.807, 2.05) is 19.9 Å². The summed E-state index contributed by atoms with van der Waals surface area (Å²) in [4.78, 5) is 12.5. The molecule has 1 unspecified atom stereocenters. The fourth-order valence-corrected chi connectivity index (χ4v) is 2.67. The van der Waals surface area contributed by atoms with Crippen LogP contribution in [0.5, 0.6) is 5.75 Å². The number of hydrogen-bond donors (Lipinski definition) is 0. The third kappa shape index (κ3) is 5.46. The topological polar surface area (TPSA) is 64.8 Å². The first kappa shape index (κ1) is 21.4. The lowest BCUT2D eigenvalue weighted by Gasteiger charge is -2.25. The van der Waals surface area contributed by atoms with E-state index < -0.39 is 4.92 Å². The van der Waals surface area contributed by atoms with E-state index in [4.69, 9.17) is 9.47 Å². The summed E-state index contributed by atoms with van der Waals surface area (Å²) in [6, 6.07) is 6.13. The van der Waals surface area contributed by atoms with Crippen molar-refractivity contribution in [2.24, 2.45) is 0 Å². The monoisotopic (exact) mass is 360 g/mol. The Morgan fingerprint density at radius 2 is 1.92 bits per heavy atom. The lowest BCUT2D eigenvalue weighted by Crippen LogP contribution is -2.36. The zero-order chi connectivity index (χ0) is 19.5. The molecule has 0 N–H and O–H groups in total. The van der Waals surface area contributed by atoms with Gasteiger partial charge in [0.05, 0.1) is 17.2 Å². The molecule has 0 fully saturated rings. The van der Waals surface area contributed by atoms with E-state index in [1.165, 1.54) is 12.1 Å². The van der Waals surface area contributed by atoms with Gasteiger partial charge in [-0.05, 0) is 37.4 Å².